The number of halogens is 1. The average molecular weight is 319 g/mol. The molecule has 2 amide bonds. The maximum Gasteiger partial charge on any atom is 0.226 e. The highest BCUT2D eigenvalue weighted by Gasteiger charge is 2.32. The summed E-state index contributed by atoms with van der Waals surface area (Å²) in [7, 11) is 1.78. The van der Waals surface area contributed by atoms with Gasteiger partial charge in [-0.2, -0.15) is 0 Å². The SMILES string of the molecule is CN1CC[C@H](C(=O)N2CCN(c3ccc(F)cc3)CC2)CC1=O. The summed E-state index contributed by atoms with van der Waals surface area (Å²) in [5.74, 6) is -0.254. The van der Waals surface area contributed by atoms with Gasteiger partial charge in [0.2, 0.25) is 11.8 Å². The largest absolute Gasteiger partial charge is 0.368 e. The van der Waals surface area contributed by atoms with Crippen LogP contribution in [0.3, 0.4) is 0 Å². The molecule has 1 atom stereocenters. The zero-order chi connectivity index (χ0) is 16.4. The molecule has 1 aromatic rings. The Morgan fingerprint density at radius 2 is 1.74 bits per heavy atom. The van der Waals surface area contributed by atoms with Crippen LogP contribution in [0.2, 0.25) is 0 Å². The molecule has 5 nitrogen and oxygen atoms in total. The van der Waals surface area contributed by atoms with E-state index in [4.69, 9.17) is 0 Å². The zero-order valence-corrected chi connectivity index (χ0v) is 13.4. The second kappa shape index (κ2) is 6.56. The van der Waals surface area contributed by atoms with Crippen molar-refractivity contribution >= 4 is 17.5 Å². The molecule has 2 fully saturated rings. The Bertz CT molecular complexity index is 582. The van der Waals surface area contributed by atoms with Gasteiger partial charge in [0.15, 0.2) is 0 Å². The van der Waals surface area contributed by atoms with Crippen molar-refractivity contribution in [3.8, 4) is 0 Å². The van der Waals surface area contributed by atoms with E-state index < -0.39 is 0 Å². The maximum atomic E-state index is 13.0. The van der Waals surface area contributed by atoms with E-state index in [-0.39, 0.29) is 23.5 Å². The van der Waals surface area contributed by atoms with Crippen molar-refractivity contribution in [2.75, 3.05) is 44.7 Å². The van der Waals surface area contributed by atoms with E-state index in [1.165, 1.54) is 12.1 Å². The average Bonchev–Trinajstić information content (AvgIpc) is 2.57. The van der Waals surface area contributed by atoms with Gasteiger partial charge in [-0.25, -0.2) is 4.39 Å². The van der Waals surface area contributed by atoms with E-state index in [0.29, 0.717) is 26.1 Å². The van der Waals surface area contributed by atoms with Crippen LogP contribution in [0.4, 0.5) is 10.1 Å². The Labute approximate surface area is 135 Å². The highest BCUT2D eigenvalue weighted by molar-refractivity contribution is 5.87. The predicted octanol–water partition coefficient (Wildman–Crippen LogP) is 1.34. The van der Waals surface area contributed by atoms with Crippen molar-refractivity contribution < 1.29 is 14.0 Å². The lowest BCUT2D eigenvalue weighted by molar-refractivity contribution is -0.144. The summed E-state index contributed by atoms with van der Waals surface area (Å²) in [6.07, 6.45) is 1.08. The number of carbonyl (C=O) groups is 2. The van der Waals surface area contributed by atoms with Gasteiger partial charge in [0, 0.05) is 57.8 Å². The standard InChI is InChI=1S/C17H22FN3O2/c1-19-7-6-13(12-16(19)22)17(23)21-10-8-20(9-11-21)15-4-2-14(18)3-5-15/h2-5,13H,6-12H2,1H3/t13-/m0/s1. The molecular formula is C17H22FN3O2. The van der Waals surface area contributed by atoms with Crippen LogP contribution < -0.4 is 4.90 Å². The van der Waals surface area contributed by atoms with Crippen LogP contribution in [0.25, 0.3) is 0 Å². The number of carbonyl (C=O) groups excluding carboxylic acids is 2. The molecule has 0 aliphatic carbocycles. The van der Waals surface area contributed by atoms with E-state index in [0.717, 1.165) is 25.2 Å². The highest BCUT2D eigenvalue weighted by Crippen LogP contribution is 2.22. The third kappa shape index (κ3) is 3.46. The summed E-state index contributed by atoms with van der Waals surface area (Å²) >= 11 is 0. The normalized spacial score (nSPS) is 22.4. The van der Waals surface area contributed by atoms with Gasteiger partial charge in [-0.15, -0.1) is 0 Å². The van der Waals surface area contributed by atoms with Gasteiger partial charge in [0.1, 0.15) is 5.82 Å². The minimum absolute atomic E-state index is 0.0551. The summed E-state index contributed by atoms with van der Waals surface area (Å²) in [6, 6.07) is 6.44. The lowest BCUT2D eigenvalue weighted by Crippen LogP contribution is -2.52. The lowest BCUT2D eigenvalue weighted by Gasteiger charge is -2.38. The summed E-state index contributed by atoms with van der Waals surface area (Å²) in [5, 5.41) is 0. The Morgan fingerprint density at radius 1 is 1.09 bits per heavy atom. The third-order valence-electron chi connectivity index (χ3n) is 4.79. The Balaban J connectivity index is 1.55. The highest BCUT2D eigenvalue weighted by atomic mass is 19.1. The number of piperazine rings is 1. The van der Waals surface area contributed by atoms with Gasteiger partial charge in [-0.05, 0) is 30.7 Å². The summed E-state index contributed by atoms with van der Waals surface area (Å²) < 4.78 is 13.0. The lowest BCUT2D eigenvalue weighted by atomic mass is 9.94. The molecule has 0 bridgehead atoms. The van der Waals surface area contributed by atoms with E-state index >= 15 is 0 Å². The Morgan fingerprint density at radius 3 is 2.35 bits per heavy atom. The molecule has 0 unspecified atom stereocenters. The molecule has 0 aromatic heterocycles. The fourth-order valence-corrected chi connectivity index (χ4v) is 3.25. The number of nitrogens with zero attached hydrogens (tertiary/aromatic N) is 3. The molecule has 2 saturated heterocycles. The van der Waals surface area contributed by atoms with Crippen LogP contribution in [0.5, 0.6) is 0 Å². The topological polar surface area (TPSA) is 43.9 Å². The fraction of sp³-hybridized carbons (Fsp3) is 0.529. The van der Waals surface area contributed by atoms with Crippen LogP contribution in [-0.4, -0.2) is 61.4 Å². The van der Waals surface area contributed by atoms with Crippen LogP contribution in [0, 0.1) is 11.7 Å². The number of hydrogen-bond acceptors (Lipinski definition) is 3. The van der Waals surface area contributed by atoms with Gasteiger partial charge in [0.05, 0.1) is 0 Å². The predicted molar refractivity (Wildman–Crippen MR) is 85.6 cm³/mol. The maximum absolute atomic E-state index is 13.0. The molecule has 0 radical (unpaired) electrons. The molecule has 6 heteroatoms. The van der Waals surface area contributed by atoms with E-state index in [1.54, 1.807) is 24.1 Å². The number of rotatable bonds is 2. The second-order valence-electron chi connectivity index (χ2n) is 6.29. The van der Waals surface area contributed by atoms with Crippen LogP contribution in [0.15, 0.2) is 24.3 Å². The van der Waals surface area contributed by atoms with Crippen LogP contribution in [-0.2, 0) is 9.59 Å². The van der Waals surface area contributed by atoms with Gasteiger partial charge in [0.25, 0.3) is 0 Å². The monoisotopic (exact) mass is 319 g/mol. The van der Waals surface area contributed by atoms with Gasteiger partial charge in [-0.1, -0.05) is 0 Å². The molecule has 0 saturated carbocycles. The molecule has 0 spiro atoms. The molecule has 2 aliphatic heterocycles. The molecule has 23 heavy (non-hydrogen) atoms. The number of hydrogen-bond donors (Lipinski definition) is 0. The first-order valence-electron chi connectivity index (χ1n) is 8.08. The molecular weight excluding hydrogens is 297 g/mol. The van der Waals surface area contributed by atoms with E-state index in [9.17, 15) is 14.0 Å². The van der Waals surface area contributed by atoms with Crippen molar-refractivity contribution in [2.45, 2.75) is 12.8 Å². The second-order valence-corrected chi connectivity index (χ2v) is 6.29. The summed E-state index contributed by atoms with van der Waals surface area (Å²) in [4.78, 5) is 30.1. The van der Waals surface area contributed by atoms with Crippen molar-refractivity contribution in [1.82, 2.24) is 9.80 Å². The summed E-state index contributed by atoms with van der Waals surface area (Å²) in [6.45, 7) is 3.42. The van der Waals surface area contributed by atoms with Gasteiger partial charge in [-0.3, -0.25) is 9.59 Å². The molecule has 1 aromatic carbocycles. The Hall–Kier alpha value is -2.11. The van der Waals surface area contributed by atoms with Crippen molar-refractivity contribution in [3.05, 3.63) is 30.1 Å². The minimum Gasteiger partial charge on any atom is -0.368 e. The minimum atomic E-state index is -0.241. The van der Waals surface area contributed by atoms with Crippen molar-refractivity contribution in [2.24, 2.45) is 5.92 Å². The van der Waals surface area contributed by atoms with Gasteiger partial charge < -0.3 is 14.7 Å². The number of anilines is 1. The van der Waals surface area contributed by atoms with Gasteiger partial charge >= 0.3 is 0 Å². The first-order chi connectivity index (χ1) is 11.0. The van der Waals surface area contributed by atoms with Crippen molar-refractivity contribution in [1.29, 1.82) is 0 Å². The molecule has 0 N–H and O–H groups in total. The zero-order valence-electron chi connectivity index (χ0n) is 13.4. The number of amides is 2. The van der Waals surface area contributed by atoms with Crippen LogP contribution in [0.1, 0.15) is 12.8 Å². The fourth-order valence-electron chi connectivity index (χ4n) is 3.25. The molecule has 2 aliphatic rings. The first-order valence-corrected chi connectivity index (χ1v) is 8.08. The quantitative estimate of drug-likeness (QED) is 0.826. The summed E-state index contributed by atoms with van der Waals surface area (Å²) in [5.41, 5.74) is 0.980. The van der Waals surface area contributed by atoms with E-state index in [2.05, 4.69) is 4.90 Å². The number of likely N-dealkylation sites (tertiary alicyclic amines) is 1. The smallest absolute Gasteiger partial charge is 0.226 e. The first kappa shape index (κ1) is 15.8. The Kier molecular flexibility index (Phi) is 4.50. The number of benzene rings is 1. The third-order valence-corrected chi connectivity index (χ3v) is 4.79. The van der Waals surface area contributed by atoms with Crippen LogP contribution >= 0.6 is 0 Å². The van der Waals surface area contributed by atoms with E-state index in [1.807, 2.05) is 4.90 Å². The number of piperidine rings is 1. The molecule has 124 valence electrons. The van der Waals surface area contributed by atoms with Crippen molar-refractivity contribution in [3.63, 3.8) is 0 Å². The molecule has 3 rings (SSSR count). The molecule has 2 heterocycles.